The molecule has 29 heavy (non-hydrogen) atoms. The molecular weight excluding hydrogens is 479 g/mol. The second kappa shape index (κ2) is 14.0. The number of halogens is 1. The monoisotopic (exact) mass is 518 g/mol. The molecule has 1 fully saturated rings. The highest BCUT2D eigenvalue weighted by atomic mass is 127. The highest BCUT2D eigenvalue weighted by molar-refractivity contribution is 14.0. The van der Waals surface area contributed by atoms with E-state index in [4.69, 9.17) is 14.5 Å². The van der Waals surface area contributed by atoms with Crippen LogP contribution in [0.3, 0.4) is 0 Å². The van der Waals surface area contributed by atoms with E-state index in [1.54, 1.807) is 7.11 Å². The highest BCUT2D eigenvalue weighted by Crippen LogP contribution is 2.28. The minimum Gasteiger partial charge on any atom is -0.491 e. The summed E-state index contributed by atoms with van der Waals surface area (Å²) in [5, 5.41) is 6.82. The van der Waals surface area contributed by atoms with Crippen molar-refractivity contribution < 1.29 is 9.47 Å². The average molecular weight is 518 g/mol. The molecule has 1 aliphatic rings. The second-order valence-corrected chi connectivity index (χ2v) is 7.64. The largest absolute Gasteiger partial charge is 0.491 e. The Hall–Kier alpha value is -1.06. The van der Waals surface area contributed by atoms with Gasteiger partial charge in [-0.05, 0) is 52.2 Å². The van der Waals surface area contributed by atoms with Crippen molar-refractivity contribution in [3.8, 4) is 5.75 Å². The molecule has 0 aliphatic heterocycles. The first kappa shape index (κ1) is 26.0. The third-order valence-electron chi connectivity index (χ3n) is 4.86. The van der Waals surface area contributed by atoms with Crippen molar-refractivity contribution in [1.82, 2.24) is 15.5 Å². The van der Waals surface area contributed by atoms with Gasteiger partial charge in [-0.2, -0.15) is 0 Å². The van der Waals surface area contributed by atoms with E-state index in [1.807, 2.05) is 0 Å². The smallest absolute Gasteiger partial charge is 0.191 e. The molecule has 166 valence electrons. The first-order valence-corrected chi connectivity index (χ1v) is 10.5. The van der Waals surface area contributed by atoms with Crippen LogP contribution in [-0.2, 0) is 11.3 Å². The molecule has 0 spiro atoms. The number of aryl methyl sites for hydroxylation is 1. The van der Waals surface area contributed by atoms with E-state index in [-0.39, 0.29) is 24.0 Å². The molecule has 6 nitrogen and oxygen atoms in total. The third-order valence-corrected chi connectivity index (χ3v) is 4.86. The van der Waals surface area contributed by atoms with E-state index in [0.717, 1.165) is 42.9 Å². The Kier molecular flexibility index (Phi) is 12.6. The van der Waals surface area contributed by atoms with Crippen molar-refractivity contribution in [1.29, 1.82) is 0 Å². The normalized spacial score (nSPS) is 14.1. The number of nitrogens with zero attached hydrogens (tertiary/aromatic N) is 2. The predicted molar refractivity (Wildman–Crippen MR) is 132 cm³/mol. The van der Waals surface area contributed by atoms with Gasteiger partial charge in [0.05, 0.1) is 13.2 Å². The number of nitrogens with one attached hydrogen (secondary N) is 2. The first-order valence-electron chi connectivity index (χ1n) is 10.5. The van der Waals surface area contributed by atoms with Crippen LogP contribution in [0.4, 0.5) is 0 Å². The molecule has 1 aromatic carbocycles. The van der Waals surface area contributed by atoms with Gasteiger partial charge in [-0.3, -0.25) is 4.90 Å². The van der Waals surface area contributed by atoms with E-state index >= 15 is 0 Å². The van der Waals surface area contributed by atoms with Crippen molar-refractivity contribution in [2.24, 2.45) is 4.99 Å². The number of methoxy groups -OCH3 is 1. The molecule has 0 radical (unpaired) electrons. The maximum Gasteiger partial charge on any atom is 0.191 e. The van der Waals surface area contributed by atoms with Gasteiger partial charge in [-0.15, -0.1) is 24.0 Å². The Morgan fingerprint density at radius 2 is 2.00 bits per heavy atom. The number of hydrogen-bond donors (Lipinski definition) is 2. The van der Waals surface area contributed by atoms with Gasteiger partial charge in [0.25, 0.3) is 0 Å². The predicted octanol–water partition coefficient (Wildman–Crippen LogP) is 3.57. The quantitative estimate of drug-likeness (QED) is 0.192. The zero-order valence-corrected chi connectivity index (χ0v) is 21.0. The van der Waals surface area contributed by atoms with Gasteiger partial charge >= 0.3 is 0 Å². The van der Waals surface area contributed by atoms with Gasteiger partial charge in [0, 0.05) is 44.4 Å². The Bertz CT molecular complexity index is 619. The standard InChI is InChI=1S/C22H38N4O2.HI/c1-6-23-22(24-11-12-26(17(2)3)20-9-10-20)25-16-19-8-7-18(4)15-21(19)28-14-13-27-5;/h7-8,15,17,20H,6,9-14,16H2,1-5H3,(H2,23,24,25);1H. The van der Waals surface area contributed by atoms with Crippen molar-refractivity contribution in [3.05, 3.63) is 29.3 Å². The summed E-state index contributed by atoms with van der Waals surface area (Å²) in [5.41, 5.74) is 2.26. The SMILES string of the molecule is CCNC(=NCc1ccc(C)cc1OCCOC)NCCN(C(C)C)C1CC1.I. The van der Waals surface area contributed by atoms with E-state index in [9.17, 15) is 0 Å². The van der Waals surface area contributed by atoms with E-state index in [0.29, 0.717) is 25.8 Å². The third kappa shape index (κ3) is 9.53. The molecule has 1 aromatic rings. The number of ether oxygens (including phenoxy) is 2. The lowest BCUT2D eigenvalue weighted by Gasteiger charge is -2.26. The second-order valence-electron chi connectivity index (χ2n) is 7.64. The molecule has 2 rings (SSSR count). The fraction of sp³-hybridized carbons (Fsp3) is 0.682. The summed E-state index contributed by atoms with van der Waals surface area (Å²) in [7, 11) is 1.68. The van der Waals surface area contributed by atoms with Gasteiger partial charge in [0.2, 0.25) is 0 Å². The lowest BCUT2D eigenvalue weighted by atomic mass is 10.1. The summed E-state index contributed by atoms with van der Waals surface area (Å²) in [6, 6.07) is 7.63. The average Bonchev–Trinajstić information content (AvgIpc) is 3.49. The van der Waals surface area contributed by atoms with Crippen LogP contribution in [0.2, 0.25) is 0 Å². The van der Waals surface area contributed by atoms with Crippen LogP contribution in [0.5, 0.6) is 5.75 Å². The first-order chi connectivity index (χ1) is 13.5. The molecule has 0 amide bonds. The molecule has 0 unspecified atom stereocenters. The zero-order chi connectivity index (χ0) is 20.4. The van der Waals surface area contributed by atoms with Gasteiger partial charge < -0.3 is 20.1 Å². The van der Waals surface area contributed by atoms with Crippen molar-refractivity contribution >= 4 is 29.9 Å². The minimum atomic E-state index is 0. The number of guanidine groups is 1. The Balaban J connectivity index is 0.00000420. The van der Waals surface area contributed by atoms with E-state index < -0.39 is 0 Å². The molecule has 0 atom stereocenters. The summed E-state index contributed by atoms with van der Waals surface area (Å²) < 4.78 is 11.0. The molecule has 1 saturated carbocycles. The molecule has 2 N–H and O–H groups in total. The number of hydrogen-bond acceptors (Lipinski definition) is 4. The summed E-state index contributed by atoms with van der Waals surface area (Å²) in [4.78, 5) is 7.35. The van der Waals surface area contributed by atoms with Crippen LogP contribution < -0.4 is 15.4 Å². The molecule has 0 bridgehead atoms. The topological polar surface area (TPSA) is 58.1 Å². The van der Waals surface area contributed by atoms with Crippen molar-refractivity contribution in [2.75, 3.05) is 40.0 Å². The molecule has 0 heterocycles. The molecule has 1 aliphatic carbocycles. The zero-order valence-electron chi connectivity index (χ0n) is 18.7. The summed E-state index contributed by atoms with van der Waals surface area (Å²) >= 11 is 0. The number of rotatable bonds is 12. The summed E-state index contributed by atoms with van der Waals surface area (Å²) in [6.07, 6.45) is 2.68. The highest BCUT2D eigenvalue weighted by Gasteiger charge is 2.30. The van der Waals surface area contributed by atoms with E-state index in [1.165, 1.54) is 18.4 Å². The lowest BCUT2D eigenvalue weighted by Crippen LogP contribution is -2.43. The Labute approximate surface area is 193 Å². The van der Waals surface area contributed by atoms with Crippen molar-refractivity contribution in [3.63, 3.8) is 0 Å². The Morgan fingerprint density at radius 3 is 2.62 bits per heavy atom. The van der Waals surface area contributed by atoms with Gasteiger partial charge in [0.1, 0.15) is 12.4 Å². The maximum atomic E-state index is 5.88. The summed E-state index contributed by atoms with van der Waals surface area (Å²) in [5.74, 6) is 1.74. The fourth-order valence-corrected chi connectivity index (χ4v) is 3.24. The minimum absolute atomic E-state index is 0. The van der Waals surface area contributed by atoms with Crippen LogP contribution in [-0.4, -0.2) is 62.9 Å². The van der Waals surface area contributed by atoms with Crippen LogP contribution in [0.15, 0.2) is 23.2 Å². The van der Waals surface area contributed by atoms with E-state index in [2.05, 4.69) is 61.4 Å². The summed E-state index contributed by atoms with van der Waals surface area (Å²) in [6.45, 7) is 13.2. The maximum absolute atomic E-state index is 5.88. The van der Waals surface area contributed by atoms with Gasteiger partial charge in [-0.25, -0.2) is 4.99 Å². The molecular formula is C22H39IN4O2. The van der Waals surface area contributed by atoms with Crippen LogP contribution in [0, 0.1) is 6.92 Å². The number of benzene rings is 1. The van der Waals surface area contributed by atoms with Crippen LogP contribution in [0.1, 0.15) is 44.7 Å². The van der Waals surface area contributed by atoms with Crippen molar-refractivity contribution in [2.45, 2.75) is 59.2 Å². The molecule has 0 saturated heterocycles. The fourth-order valence-electron chi connectivity index (χ4n) is 3.24. The molecule has 0 aromatic heterocycles. The lowest BCUT2D eigenvalue weighted by molar-refractivity contribution is 0.145. The van der Waals surface area contributed by atoms with Crippen LogP contribution >= 0.6 is 24.0 Å². The Morgan fingerprint density at radius 1 is 1.24 bits per heavy atom. The number of aliphatic imine (C=N–C) groups is 1. The van der Waals surface area contributed by atoms with Gasteiger partial charge in [0.15, 0.2) is 5.96 Å². The van der Waals surface area contributed by atoms with Crippen LogP contribution in [0.25, 0.3) is 0 Å². The van der Waals surface area contributed by atoms with Gasteiger partial charge in [-0.1, -0.05) is 12.1 Å². The molecule has 7 heteroatoms.